The van der Waals surface area contributed by atoms with Gasteiger partial charge >= 0.3 is 0 Å². The summed E-state index contributed by atoms with van der Waals surface area (Å²) in [5.41, 5.74) is 11.7. The van der Waals surface area contributed by atoms with Crippen LogP contribution in [0.1, 0.15) is 0 Å². The number of aromatic nitrogens is 3. The SMILES string of the molecule is c1ccc(-c2cc(-c3cc(-c4ccc(-c5ccncc5)cc4)cc(-c4ccc5ccc6ccccc6c5c4)c3)nc(-c3ccccc3)n2)cc1. The molecule has 0 unspecified atom stereocenters. The van der Waals surface area contributed by atoms with Gasteiger partial charge in [0.15, 0.2) is 5.82 Å². The molecule has 0 saturated heterocycles. The van der Waals surface area contributed by atoms with Crippen LogP contribution in [0.5, 0.6) is 0 Å². The Morgan fingerprint density at radius 3 is 1.50 bits per heavy atom. The van der Waals surface area contributed by atoms with Gasteiger partial charge in [0, 0.05) is 29.1 Å². The standard InChI is InChI=1S/C47H31N3/c1-3-10-37(11-4-1)45-31-46(50-47(49-45)38-12-5-2-6-13-38)42-28-40(33-17-15-32(16-18-33)34-23-25-48-26-24-34)27-41(29-42)39-22-21-36-20-19-35-9-7-8-14-43(35)44(36)30-39/h1-31H. The summed E-state index contributed by atoms with van der Waals surface area (Å²) in [5, 5.41) is 4.97. The molecule has 0 N–H and O–H groups in total. The highest BCUT2D eigenvalue weighted by Gasteiger charge is 2.14. The molecule has 2 heterocycles. The van der Waals surface area contributed by atoms with Crippen molar-refractivity contribution in [3.8, 4) is 67.3 Å². The van der Waals surface area contributed by atoms with E-state index in [4.69, 9.17) is 9.97 Å². The molecule has 2 aromatic heterocycles. The molecule has 3 nitrogen and oxygen atoms in total. The van der Waals surface area contributed by atoms with E-state index < -0.39 is 0 Å². The van der Waals surface area contributed by atoms with Gasteiger partial charge < -0.3 is 0 Å². The van der Waals surface area contributed by atoms with Crippen molar-refractivity contribution in [2.75, 3.05) is 0 Å². The van der Waals surface area contributed by atoms with E-state index in [2.05, 4.69) is 145 Å². The van der Waals surface area contributed by atoms with Crippen molar-refractivity contribution in [1.29, 1.82) is 0 Å². The normalized spacial score (nSPS) is 11.2. The Hall–Kier alpha value is -6.71. The third-order valence-electron chi connectivity index (χ3n) is 9.37. The van der Waals surface area contributed by atoms with Gasteiger partial charge in [-0.1, -0.05) is 133 Å². The van der Waals surface area contributed by atoms with E-state index in [1.54, 1.807) is 0 Å². The molecule has 3 heteroatoms. The largest absolute Gasteiger partial charge is 0.265 e. The lowest BCUT2D eigenvalue weighted by molar-refractivity contribution is 1.18. The van der Waals surface area contributed by atoms with Crippen LogP contribution in [0.3, 0.4) is 0 Å². The Balaban J connectivity index is 1.25. The fourth-order valence-corrected chi connectivity index (χ4v) is 6.76. The topological polar surface area (TPSA) is 38.7 Å². The van der Waals surface area contributed by atoms with E-state index in [0.29, 0.717) is 5.82 Å². The average Bonchev–Trinajstić information content (AvgIpc) is 3.21. The molecular weight excluding hydrogens is 607 g/mol. The predicted molar refractivity (Wildman–Crippen MR) is 207 cm³/mol. The van der Waals surface area contributed by atoms with Gasteiger partial charge in [0.2, 0.25) is 0 Å². The molecule has 0 radical (unpaired) electrons. The Kier molecular flexibility index (Phi) is 7.49. The van der Waals surface area contributed by atoms with Crippen molar-refractivity contribution in [1.82, 2.24) is 15.0 Å². The molecule has 234 valence electrons. The number of hydrogen-bond acceptors (Lipinski definition) is 3. The molecule has 0 fully saturated rings. The molecule has 0 aliphatic carbocycles. The number of fused-ring (bicyclic) bond motifs is 3. The van der Waals surface area contributed by atoms with Crippen LogP contribution in [0, 0.1) is 0 Å². The van der Waals surface area contributed by atoms with E-state index >= 15 is 0 Å². The highest BCUT2D eigenvalue weighted by atomic mass is 14.9. The van der Waals surface area contributed by atoms with Crippen LogP contribution in [-0.2, 0) is 0 Å². The summed E-state index contributed by atoms with van der Waals surface area (Å²) >= 11 is 0. The highest BCUT2D eigenvalue weighted by molar-refractivity contribution is 6.08. The van der Waals surface area contributed by atoms with E-state index in [1.807, 2.05) is 48.8 Å². The first kappa shape index (κ1) is 29.4. The Labute approximate surface area is 291 Å². The van der Waals surface area contributed by atoms with Crippen molar-refractivity contribution in [3.05, 3.63) is 188 Å². The minimum atomic E-state index is 0.702. The van der Waals surface area contributed by atoms with Crippen molar-refractivity contribution in [2.45, 2.75) is 0 Å². The van der Waals surface area contributed by atoms with Gasteiger partial charge in [0.05, 0.1) is 11.4 Å². The second kappa shape index (κ2) is 12.7. The molecule has 7 aromatic carbocycles. The molecule has 9 aromatic rings. The summed E-state index contributed by atoms with van der Waals surface area (Å²) in [6.07, 6.45) is 3.67. The van der Waals surface area contributed by atoms with Gasteiger partial charge in [-0.3, -0.25) is 4.98 Å². The van der Waals surface area contributed by atoms with Crippen LogP contribution >= 0.6 is 0 Å². The summed E-state index contributed by atoms with van der Waals surface area (Å²) in [7, 11) is 0. The number of benzene rings is 7. The highest BCUT2D eigenvalue weighted by Crippen LogP contribution is 2.37. The third-order valence-corrected chi connectivity index (χ3v) is 9.37. The van der Waals surface area contributed by atoms with Crippen LogP contribution < -0.4 is 0 Å². The van der Waals surface area contributed by atoms with Crippen molar-refractivity contribution >= 4 is 21.5 Å². The average molecular weight is 638 g/mol. The smallest absolute Gasteiger partial charge is 0.160 e. The lowest BCUT2D eigenvalue weighted by atomic mass is 9.92. The molecule has 9 rings (SSSR count). The maximum atomic E-state index is 5.20. The second-order valence-corrected chi connectivity index (χ2v) is 12.5. The van der Waals surface area contributed by atoms with Crippen molar-refractivity contribution in [2.24, 2.45) is 0 Å². The van der Waals surface area contributed by atoms with E-state index in [0.717, 1.165) is 61.5 Å². The quantitative estimate of drug-likeness (QED) is 0.170. The molecule has 0 amide bonds. The van der Waals surface area contributed by atoms with E-state index in [9.17, 15) is 0 Å². The maximum Gasteiger partial charge on any atom is 0.160 e. The molecule has 0 atom stereocenters. The zero-order valence-electron chi connectivity index (χ0n) is 27.2. The number of hydrogen-bond donors (Lipinski definition) is 0. The minimum absolute atomic E-state index is 0.702. The second-order valence-electron chi connectivity index (χ2n) is 12.5. The van der Waals surface area contributed by atoms with Crippen LogP contribution in [0.15, 0.2) is 188 Å². The molecule has 0 bridgehead atoms. The number of nitrogens with zero attached hydrogens (tertiary/aromatic N) is 3. The summed E-state index contributed by atoms with van der Waals surface area (Å²) in [6.45, 7) is 0. The fraction of sp³-hybridized carbons (Fsp3) is 0. The molecule has 0 aliphatic rings. The lowest BCUT2D eigenvalue weighted by Gasteiger charge is -2.14. The Bertz CT molecular complexity index is 2560. The fourth-order valence-electron chi connectivity index (χ4n) is 6.76. The monoisotopic (exact) mass is 637 g/mol. The molecule has 50 heavy (non-hydrogen) atoms. The minimum Gasteiger partial charge on any atom is -0.265 e. The van der Waals surface area contributed by atoms with E-state index in [1.165, 1.54) is 21.5 Å². The van der Waals surface area contributed by atoms with Crippen LogP contribution in [0.2, 0.25) is 0 Å². The van der Waals surface area contributed by atoms with Gasteiger partial charge in [0.25, 0.3) is 0 Å². The summed E-state index contributed by atoms with van der Waals surface area (Å²) < 4.78 is 0. The zero-order valence-corrected chi connectivity index (χ0v) is 27.2. The molecule has 0 saturated carbocycles. The maximum absolute atomic E-state index is 5.20. The predicted octanol–water partition coefficient (Wildman–Crippen LogP) is 12.2. The van der Waals surface area contributed by atoms with Gasteiger partial charge in [-0.05, 0) is 97.4 Å². The lowest BCUT2D eigenvalue weighted by Crippen LogP contribution is -1.96. The number of pyridine rings is 1. The van der Waals surface area contributed by atoms with Crippen LogP contribution in [-0.4, -0.2) is 15.0 Å². The molecule has 0 spiro atoms. The Morgan fingerprint density at radius 1 is 0.280 bits per heavy atom. The number of rotatable bonds is 6. The third kappa shape index (κ3) is 5.72. The first-order valence-corrected chi connectivity index (χ1v) is 16.8. The van der Waals surface area contributed by atoms with Crippen LogP contribution in [0.25, 0.3) is 88.8 Å². The molecular formula is C47H31N3. The van der Waals surface area contributed by atoms with Gasteiger partial charge in [-0.2, -0.15) is 0 Å². The van der Waals surface area contributed by atoms with Crippen molar-refractivity contribution in [3.63, 3.8) is 0 Å². The first-order chi connectivity index (χ1) is 24.7. The van der Waals surface area contributed by atoms with Gasteiger partial charge in [0.1, 0.15) is 0 Å². The zero-order chi connectivity index (χ0) is 33.3. The summed E-state index contributed by atoms with van der Waals surface area (Å²) in [4.78, 5) is 14.4. The molecule has 0 aliphatic heterocycles. The summed E-state index contributed by atoms with van der Waals surface area (Å²) in [5.74, 6) is 0.702. The first-order valence-electron chi connectivity index (χ1n) is 16.8. The van der Waals surface area contributed by atoms with Gasteiger partial charge in [-0.15, -0.1) is 0 Å². The summed E-state index contributed by atoms with van der Waals surface area (Å²) in [6, 6.07) is 62.2. The van der Waals surface area contributed by atoms with Crippen molar-refractivity contribution < 1.29 is 0 Å². The van der Waals surface area contributed by atoms with Crippen LogP contribution in [0.4, 0.5) is 0 Å². The van der Waals surface area contributed by atoms with E-state index in [-0.39, 0.29) is 0 Å². The van der Waals surface area contributed by atoms with Gasteiger partial charge in [-0.25, -0.2) is 9.97 Å². The Morgan fingerprint density at radius 2 is 0.780 bits per heavy atom.